The summed E-state index contributed by atoms with van der Waals surface area (Å²) in [5, 5.41) is 0.519. The van der Waals surface area contributed by atoms with Gasteiger partial charge in [0, 0.05) is 21.7 Å². The average molecular weight is 551 g/mol. The van der Waals surface area contributed by atoms with Gasteiger partial charge in [-0.1, -0.05) is 23.2 Å². The summed E-state index contributed by atoms with van der Waals surface area (Å²) in [6.07, 6.45) is -0.139. The van der Waals surface area contributed by atoms with Gasteiger partial charge in [0.05, 0.1) is 33.7 Å². The molecule has 202 valence electrons. The molecule has 1 unspecified atom stereocenters. The topological polar surface area (TPSA) is 105 Å². The molecule has 0 aliphatic heterocycles. The van der Waals surface area contributed by atoms with Crippen LogP contribution in [0.1, 0.15) is 47.7 Å². The van der Waals surface area contributed by atoms with E-state index in [-0.39, 0.29) is 34.9 Å². The second kappa shape index (κ2) is 11.3. The molecule has 1 atom stereocenters. The number of fused-ring (bicyclic) bond motifs is 1. The van der Waals surface area contributed by atoms with Crippen molar-refractivity contribution in [1.82, 2.24) is 0 Å². The number of rotatable bonds is 9. The molecule has 2 aliphatic carbocycles. The van der Waals surface area contributed by atoms with E-state index in [1.165, 1.54) is 21.1 Å². The van der Waals surface area contributed by atoms with Gasteiger partial charge in [-0.3, -0.25) is 19.2 Å². The van der Waals surface area contributed by atoms with E-state index in [0.29, 0.717) is 27.5 Å². The number of ketones is 3. The second-order valence-corrected chi connectivity index (χ2v) is 9.52. The highest BCUT2D eigenvalue weighted by Crippen LogP contribution is 2.46. The first-order valence-electron chi connectivity index (χ1n) is 12.1. The first-order chi connectivity index (χ1) is 18.6. The second-order valence-electron chi connectivity index (χ2n) is 9.08. The molecule has 2 aromatic rings. The van der Waals surface area contributed by atoms with Crippen molar-refractivity contribution in [3.63, 3.8) is 0 Å². The fraction of sp³-hybridized carbons (Fsp3) is 0.267. The van der Waals surface area contributed by atoms with Crippen LogP contribution < -0.4 is 4.74 Å². The number of esters is 1. The summed E-state index contributed by atoms with van der Waals surface area (Å²) < 4.78 is 20.9. The molecule has 0 heterocycles. The smallest absolute Gasteiger partial charge is 0.310 e. The van der Waals surface area contributed by atoms with Crippen LogP contribution >= 0.6 is 11.6 Å². The Morgan fingerprint density at radius 2 is 1.49 bits per heavy atom. The molecule has 8 nitrogen and oxygen atoms in total. The normalized spacial score (nSPS) is 16.9. The van der Waals surface area contributed by atoms with Gasteiger partial charge in [-0.15, -0.1) is 0 Å². The van der Waals surface area contributed by atoms with E-state index in [4.69, 9.17) is 30.5 Å². The van der Waals surface area contributed by atoms with Crippen LogP contribution in [0.4, 0.5) is 0 Å². The van der Waals surface area contributed by atoms with Crippen LogP contribution in [0.15, 0.2) is 70.7 Å². The molecule has 4 rings (SSSR count). The highest BCUT2D eigenvalue weighted by Gasteiger charge is 2.37. The lowest BCUT2D eigenvalue weighted by atomic mass is 9.88. The van der Waals surface area contributed by atoms with Gasteiger partial charge >= 0.3 is 5.97 Å². The van der Waals surface area contributed by atoms with Crippen LogP contribution in [0.5, 0.6) is 5.75 Å². The fourth-order valence-electron chi connectivity index (χ4n) is 4.87. The number of ether oxygens (including phenoxy) is 4. The number of Topliss-reactive ketones (excluding diaryl/α,β-unsaturated/α-hetero) is 3. The molecule has 0 fully saturated rings. The molecular formula is C30H27ClO8. The molecule has 39 heavy (non-hydrogen) atoms. The summed E-state index contributed by atoms with van der Waals surface area (Å²) in [4.78, 5) is 52.0. The van der Waals surface area contributed by atoms with Gasteiger partial charge in [0.25, 0.3) is 0 Å². The highest BCUT2D eigenvalue weighted by molar-refractivity contribution is 6.30. The van der Waals surface area contributed by atoms with E-state index in [2.05, 4.69) is 0 Å². The maximum Gasteiger partial charge on any atom is 0.310 e. The van der Waals surface area contributed by atoms with Gasteiger partial charge in [0.2, 0.25) is 23.1 Å². The number of hydrogen-bond acceptors (Lipinski definition) is 8. The molecule has 0 saturated carbocycles. The minimum atomic E-state index is -0.622. The van der Waals surface area contributed by atoms with Crippen LogP contribution in [-0.4, -0.2) is 51.3 Å². The zero-order chi connectivity index (χ0) is 28.4. The summed E-state index contributed by atoms with van der Waals surface area (Å²) in [5.41, 5.74) is 3.46. The van der Waals surface area contributed by atoms with Crippen molar-refractivity contribution >= 4 is 40.5 Å². The molecule has 2 aliphatic rings. The van der Waals surface area contributed by atoms with Crippen molar-refractivity contribution in [2.75, 3.05) is 27.9 Å². The summed E-state index contributed by atoms with van der Waals surface area (Å²) in [5.74, 6) is -2.32. The number of carbonyl (C=O) groups is 4. The molecule has 9 heteroatoms. The minimum Gasteiger partial charge on any atom is -0.497 e. The summed E-state index contributed by atoms with van der Waals surface area (Å²) in [7, 11) is 4.07. The lowest BCUT2D eigenvalue weighted by Crippen LogP contribution is -2.27. The van der Waals surface area contributed by atoms with E-state index < -0.39 is 30.1 Å². The molecule has 2 aromatic carbocycles. The number of allylic oxidation sites excluding steroid dienone is 3. The third kappa shape index (κ3) is 5.12. The number of carbonyl (C=O) groups excluding carboxylic acids is 4. The maximum absolute atomic E-state index is 13.6. The van der Waals surface area contributed by atoms with Crippen LogP contribution in [0.3, 0.4) is 0 Å². The van der Waals surface area contributed by atoms with Crippen LogP contribution in [-0.2, 0) is 28.6 Å². The monoisotopic (exact) mass is 550 g/mol. The molecule has 0 N–H and O–H groups in total. The summed E-state index contributed by atoms with van der Waals surface area (Å²) in [6, 6.07) is 12.0. The van der Waals surface area contributed by atoms with E-state index >= 15 is 0 Å². The Bertz CT molecular complexity index is 1480. The van der Waals surface area contributed by atoms with Gasteiger partial charge in [-0.25, -0.2) is 0 Å². The zero-order valence-corrected chi connectivity index (χ0v) is 22.9. The van der Waals surface area contributed by atoms with Gasteiger partial charge < -0.3 is 18.9 Å². The largest absolute Gasteiger partial charge is 0.497 e. The molecule has 0 aromatic heterocycles. The van der Waals surface area contributed by atoms with E-state index in [0.717, 1.165) is 11.1 Å². The Kier molecular flexibility index (Phi) is 8.06. The Labute approximate surface area is 230 Å². The van der Waals surface area contributed by atoms with Crippen molar-refractivity contribution in [3.8, 4) is 5.75 Å². The summed E-state index contributed by atoms with van der Waals surface area (Å²) in [6.45, 7) is 2.87. The van der Waals surface area contributed by atoms with Crippen molar-refractivity contribution in [2.24, 2.45) is 0 Å². The van der Waals surface area contributed by atoms with E-state index in [1.54, 1.807) is 43.5 Å². The maximum atomic E-state index is 13.6. The fourth-order valence-corrected chi connectivity index (χ4v) is 4.99. The van der Waals surface area contributed by atoms with Crippen LogP contribution in [0.25, 0.3) is 5.57 Å². The standard InChI is InChI=1S/C30H27ClO8/c1-15-21(13-24(32)39-14-23-16(2)26(33)29(37-4)30(38-5)28(23)35)20-11-10-19(36-3)12-22(20)25(15)27(34)17-6-8-18(31)9-7-17/h6-12,25H,13-14H2,1-5H3. The van der Waals surface area contributed by atoms with Gasteiger partial charge in [-0.05, 0) is 66.9 Å². The number of halogens is 1. The van der Waals surface area contributed by atoms with Crippen LogP contribution in [0.2, 0.25) is 5.02 Å². The Hall–Kier alpha value is -4.17. The van der Waals surface area contributed by atoms with Crippen LogP contribution in [0, 0.1) is 0 Å². The van der Waals surface area contributed by atoms with Gasteiger partial charge in [-0.2, -0.15) is 0 Å². The average Bonchev–Trinajstić information content (AvgIpc) is 3.20. The van der Waals surface area contributed by atoms with Crippen molar-refractivity contribution in [2.45, 2.75) is 26.2 Å². The molecule has 0 saturated heterocycles. The Balaban J connectivity index is 1.59. The van der Waals surface area contributed by atoms with Gasteiger partial charge in [0.1, 0.15) is 12.4 Å². The number of hydrogen-bond donors (Lipinski definition) is 0. The first kappa shape index (κ1) is 27.9. The predicted molar refractivity (Wildman–Crippen MR) is 143 cm³/mol. The first-order valence-corrected chi connectivity index (χ1v) is 12.4. The van der Waals surface area contributed by atoms with Crippen molar-refractivity contribution in [1.29, 1.82) is 0 Å². The third-order valence-corrected chi connectivity index (χ3v) is 7.24. The Morgan fingerprint density at radius 3 is 2.10 bits per heavy atom. The highest BCUT2D eigenvalue weighted by atomic mass is 35.5. The quantitative estimate of drug-likeness (QED) is 0.244. The van der Waals surface area contributed by atoms with Gasteiger partial charge in [0.15, 0.2) is 5.78 Å². The van der Waals surface area contributed by atoms with E-state index in [9.17, 15) is 19.2 Å². The number of methoxy groups -OCH3 is 3. The zero-order valence-electron chi connectivity index (χ0n) is 22.2. The number of benzene rings is 2. The Morgan fingerprint density at radius 1 is 0.846 bits per heavy atom. The van der Waals surface area contributed by atoms with Crippen molar-refractivity contribution in [3.05, 3.63) is 92.4 Å². The summed E-state index contributed by atoms with van der Waals surface area (Å²) >= 11 is 6.00. The predicted octanol–water partition coefficient (Wildman–Crippen LogP) is 5.01. The molecule has 0 spiro atoms. The molecular weight excluding hydrogens is 524 g/mol. The molecule has 0 amide bonds. The van der Waals surface area contributed by atoms with E-state index in [1.807, 2.05) is 13.0 Å². The molecule has 0 bridgehead atoms. The minimum absolute atomic E-state index is 0.0176. The third-order valence-electron chi connectivity index (χ3n) is 6.99. The SMILES string of the molecule is COC1=C(OC)C(=O)C(COC(=O)CC2=C(C)C(C(=O)c3ccc(Cl)cc3)c3cc(OC)ccc32)=C(C)C1=O. The lowest BCUT2D eigenvalue weighted by Gasteiger charge is -2.20. The molecule has 0 radical (unpaired) electrons. The lowest BCUT2D eigenvalue weighted by molar-refractivity contribution is -0.141. The van der Waals surface area contributed by atoms with Crippen molar-refractivity contribution < 1.29 is 38.1 Å².